The Kier molecular flexibility index (Phi) is 16.5. The van der Waals surface area contributed by atoms with E-state index in [9.17, 15) is 4.79 Å². The maximum Gasteiger partial charge on any atom is 0.306 e. The summed E-state index contributed by atoms with van der Waals surface area (Å²) >= 11 is 0. The standard InChI is InChI=1S/C34H54NO3/c1-4-5-6-7-8-9-10-11-12-13-15-19-31-23-25-33(26-24-31)37-28-29-38-34(36)22-18-27-35(2,3)30-32-20-16-14-17-21-32/h14,16-17,20-21,23-26H,4-13,15,18-19,22,27-30H2,1-3H3/q+1. The van der Waals surface area contributed by atoms with Gasteiger partial charge in [-0.2, -0.15) is 0 Å². The number of quaternary nitrogens is 1. The lowest BCUT2D eigenvalue weighted by Gasteiger charge is -2.29. The van der Waals surface area contributed by atoms with Gasteiger partial charge in [0, 0.05) is 12.0 Å². The number of esters is 1. The highest BCUT2D eigenvalue weighted by Crippen LogP contribution is 2.16. The van der Waals surface area contributed by atoms with Crippen molar-refractivity contribution in [3.05, 3.63) is 65.7 Å². The minimum Gasteiger partial charge on any atom is -0.490 e. The number of carbonyl (C=O) groups excluding carboxylic acids is 1. The average Bonchev–Trinajstić information content (AvgIpc) is 2.90. The fourth-order valence-electron chi connectivity index (χ4n) is 4.94. The van der Waals surface area contributed by atoms with E-state index < -0.39 is 0 Å². The van der Waals surface area contributed by atoms with Gasteiger partial charge in [0.2, 0.25) is 0 Å². The molecule has 0 radical (unpaired) electrons. The molecule has 0 fully saturated rings. The van der Waals surface area contributed by atoms with E-state index >= 15 is 0 Å². The molecule has 0 aliphatic rings. The molecule has 38 heavy (non-hydrogen) atoms. The van der Waals surface area contributed by atoms with Crippen molar-refractivity contribution >= 4 is 5.97 Å². The van der Waals surface area contributed by atoms with Crippen LogP contribution < -0.4 is 4.74 Å². The molecular weight excluding hydrogens is 470 g/mol. The van der Waals surface area contributed by atoms with E-state index in [0.717, 1.165) is 36.2 Å². The molecule has 2 aromatic rings. The van der Waals surface area contributed by atoms with E-state index in [1.165, 1.54) is 81.8 Å². The lowest BCUT2D eigenvalue weighted by atomic mass is 10.0. The SMILES string of the molecule is CCCCCCCCCCCCCc1ccc(OCCOC(=O)CCC[N+](C)(C)Cc2ccccc2)cc1. The van der Waals surface area contributed by atoms with Gasteiger partial charge in [0.15, 0.2) is 0 Å². The zero-order chi connectivity index (χ0) is 27.3. The van der Waals surface area contributed by atoms with Gasteiger partial charge >= 0.3 is 5.97 Å². The summed E-state index contributed by atoms with van der Waals surface area (Å²) in [6.07, 6.45) is 17.5. The second-order valence-electron chi connectivity index (χ2n) is 11.4. The van der Waals surface area contributed by atoms with Crippen LogP contribution in [0.5, 0.6) is 5.75 Å². The molecule has 0 bridgehead atoms. The summed E-state index contributed by atoms with van der Waals surface area (Å²) in [6, 6.07) is 18.9. The summed E-state index contributed by atoms with van der Waals surface area (Å²) in [6.45, 7) is 4.86. The van der Waals surface area contributed by atoms with E-state index in [-0.39, 0.29) is 5.97 Å². The molecule has 0 saturated carbocycles. The van der Waals surface area contributed by atoms with E-state index in [2.05, 4.69) is 57.4 Å². The Morgan fingerprint density at radius 1 is 0.684 bits per heavy atom. The highest BCUT2D eigenvalue weighted by atomic mass is 16.6. The highest BCUT2D eigenvalue weighted by Gasteiger charge is 2.16. The topological polar surface area (TPSA) is 35.5 Å². The minimum absolute atomic E-state index is 0.143. The molecule has 4 nitrogen and oxygen atoms in total. The van der Waals surface area contributed by atoms with Gasteiger partial charge < -0.3 is 14.0 Å². The first-order valence-corrected chi connectivity index (χ1v) is 15.2. The van der Waals surface area contributed by atoms with Crippen molar-refractivity contribution in [1.82, 2.24) is 0 Å². The Bertz CT molecular complexity index is 848. The number of hydrogen-bond donors (Lipinski definition) is 0. The second-order valence-corrected chi connectivity index (χ2v) is 11.4. The van der Waals surface area contributed by atoms with E-state index in [0.29, 0.717) is 19.6 Å². The van der Waals surface area contributed by atoms with Crippen LogP contribution in [-0.2, 0) is 22.5 Å². The van der Waals surface area contributed by atoms with Crippen molar-refractivity contribution in [2.45, 2.75) is 103 Å². The Hall–Kier alpha value is -2.33. The predicted octanol–water partition coefficient (Wildman–Crippen LogP) is 8.52. The maximum absolute atomic E-state index is 12.1. The first-order valence-electron chi connectivity index (χ1n) is 15.2. The zero-order valence-corrected chi connectivity index (χ0v) is 24.6. The predicted molar refractivity (Wildman–Crippen MR) is 159 cm³/mol. The van der Waals surface area contributed by atoms with Crippen LogP contribution >= 0.6 is 0 Å². The van der Waals surface area contributed by atoms with Gasteiger partial charge in [0.25, 0.3) is 0 Å². The number of nitrogens with zero attached hydrogens (tertiary/aromatic N) is 1. The molecule has 0 saturated heterocycles. The highest BCUT2D eigenvalue weighted by molar-refractivity contribution is 5.69. The van der Waals surface area contributed by atoms with Gasteiger partial charge in [-0.25, -0.2) is 0 Å². The van der Waals surface area contributed by atoms with Crippen molar-refractivity contribution in [2.24, 2.45) is 0 Å². The largest absolute Gasteiger partial charge is 0.490 e. The van der Waals surface area contributed by atoms with Gasteiger partial charge in [-0.05, 0) is 30.5 Å². The Morgan fingerprint density at radius 3 is 1.92 bits per heavy atom. The molecule has 0 atom stereocenters. The number of aryl methyl sites for hydroxylation is 1. The van der Waals surface area contributed by atoms with Gasteiger partial charge in [0.05, 0.1) is 27.1 Å². The number of unbranched alkanes of at least 4 members (excludes halogenated alkanes) is 10. The van der Waals surface area contributed by atoms with Crippen LogP contribution in [0.4, 0.5) is 0 Å². The summed E-state index contributed by atoms with van der Waals surface area (Å²) in [7, 11) is 4.41. The molecule has 0 heterocycles. The maximum atomic E-state index is 12.1. The summed E-state index contributed by atoms with van der Waals surface area (Å²) in [4.78, 5) is 12.1. The number of ether oxygens (including phenoxy) is 2. The fraction of sp³-hybridized carbons (Fsp3) is 0.618. The Balaban J connectivity index is 1.46. The van der Waals surface area contributed by atoms with Gasteiger partial charge in [-0.15, -0.1) is 0 Å². The van der Waals surface area contributed by atoms with Crippen molar-refractivity contribution < 1.29 is 18.8 Å². The number of hydrogen-bond acceptors (Lipinski definition) is 3. The van der Waals surface area contributed by atoms with Crippen LogP contribution in [0, 0.1) is 0 Å². The second kappa shape index (κ2) is 19.7. The van der Waals surface area contributed by atoms with Crippen LogP contribution in [0.25, 0.3) is 0 Å². The molecule has 2 rings (SSSR count). The molecule has 212 valence electrons. The van der Waals surface area contributed by atoms with Crippen molar-refractivity contribution in [1.29, 1.82) is 0 Å². The van der Waals surface area contributed by atoms with Crippen molar-refractivity contribution in [3.8, 4) is 5.75 Å². The minimum atomic E-state index is -0.143. The van der Waals surface area contributed by atoms with Crippen LogP contribution in [0.3, 0.4) is 0 Å². The van der Waals surface area contributed by atoms with Gasteiger partial charge in [-0.3, -0.25) is 4.79 Å². The molecule has 0 aliphatic carbocycles. The third-order valence-electron chi connectivity index (χ3n) is 7.21. The van der Waals surface area contributed by atoms with E-state index in [1.807, 2.05) is 18.2 Å². The number of benzene rings is 2. The lowest BCUT2D eigenvalue weighted by molar-refractivity contribution is -0.903. The summed E-state index contributed by atoms with van der Waals surface area (Å²) in [5.74, 6) is 0.694. The molecule has 2 aromatic carbocycles. The molecule has 0 N–H and O–H groups in total. The molecule has 4 heteroatoms. The third-order valence-corrected chi connectivity index (χ3v) is 7.21. The summed E-state index contributed by atoms with van der Waals surface area (Å²) in [5.41, 5.74) is 2.69. The van der Waals surface area contributed by atoms with Crippen molar-refractivity contribution in [3.63, 3.8) is 0 Å². The Morgan fingerprint density at radius 2 is 1.29 bits per heavy atom. The average molecular weight is 525 g/mol. The zero-order valence-electron chi connectivity index (χ0n) is 24.6. The number of rotatable bonds is 22. The molecule has 0 aromatic heterocycles. The van der Waals surface area contributed by atoms with E-state index in [4.69, 9.17) is 9.47 Å². The first-order chi connectivity index (χ1) is 18.5. The quantitative estimate of drug-likeness (QED) is 0.0879. The summed E-state index contributed by atoms with van der Waals surface area (Å²) in [5, 5.41) is 0. The normalized spacial score (nSPS) is 11.4. The van der Waals surface area contributed by atoms with Crippen LogP contribution in [0.2, 0.25) is 0 Å². The third kappa shape index (κ3) is 15.8. The Labute approximate surface area is 233 Å². The smallest absolute Gasteiger partial charge is 0.306 e. The molecule has 0 aliphatic heterocycles. The lowest BCUT2D eigenvalue weighted by Crippen LogP contribution is -2.39. The first kappa shape index (κ1) is 31.9. The van der Waals surface area contributed by atoms with Crippen LogP contribution in [0.15, 0.2) is 54.6 Å². The fourth-order valence-corrected chi connectivity index (χ4v) is 4.94. The van der Waals surface area contributed by atoms with Crippen molar-refractivity contribution in [2.75, 3.05) is 33.9 Å². The number of carbonyl (C=O) groups is 1. The summed E-state index contributed by atoms with van der Waals surface area (Å²) < 4.78 is 12.0. The van der Waals surface area contributed by atoms with Gasteiger partial charge in [0.1, 0.15) is 25.5 Å². The molecular formula is C34H54NO3+. The molecule has 0 unspecified atom stereocenters. The van der Waals surface area contributed by atoms with Crippen LogP contribution in [0.1, 0.15) is 102 Å². The van der Waals surface area contributed by atoms with Gasteiger partial charge in [-0.1, -0.05) is 114 Å². The molecule has 0 spiro atoms. The van der Waals surface area contributed by atoms with Crippen LogP contribution in [-0.4, -0.2) is 44.3 Å². The van der Waals surface area contributed by atoms with E-state index in [1.54, 1.807) is 0 Å². The monoisotopic (exact) mass is 524 g/mol. The molecule has 0 amide bonds.